The third-order valence-corrected chi connectivity index (χ3v) is 4.02. The summed E-state index contributed by atoms with van der Waals surface area (Å²) in [5, 5.41) is 4.48. The van der Waals surface area contributed by atoms with Crippen LogP contribution in [0.15, 0.2) is 30.5 Å². The van der Waals surface area contributed by atoms with E-state index in [2.05, 4.69) is 15.2 Å². The van der Waals surface area contributed by atoms with Gasteiger partial charge in [0.1, 0.15) is 0 Å². The molecule has 1 aromatic carbocycles. The molecule has 1 aliphatic heterocycles. The van der Waals surface area contributed by atoms with Crippen molar-refractivity contribution in [3.63, 3.8) is 0 Å². The van der Waals surface area contributed by atoms with Crippen LogP contribution < -0.4 is 11.1 Å². The fourth-order valence-electron chi connectivity index (χ4n) is 2.86. The smallest absolute Gasteiger partial charge is 0.0724 e. The number of fused-ring (bicyclic) bond motifs is 1. The molecule has 1 fully saturated rings. The predicted octanol–water partition coefficient (Wildman–Crippen LogP) is 2.71. The molecule has 2 heterocycles. The zero-order chi connectivity index (χ0) is 13.8. The lowest BCUT2D eigenvalue weighted by Crippen LogP contribution is -2.33. The molecule has 0 saturated carbocycles. The fraction of sp³-hybridized carbons (Fsp3) is 0.438. The molecule has 1 saturated heterocycles. The highest BCUT2D eigenvalue weighted by Gasteiger charge is 2.10. The molecule has 4 nitrogen and oxygen atoms in total. The van der Waals surface area contributed by atoms with Gasteiger partial charge in [-0.15, -0.1) is 0 Å². The second kappa shape index (κ2) is 6.09. The van der Waals surface area contributed by atoms with E-state index in [0.717, 1.165) is 35.4 Å². The van der Waals surface area contributed by atoms with Crippen LogP contribution in [-0.4, -0.2) is 36.1 Å². The second-order valence-electron chi connectivity index (χ2n) is 5.43. The van der Waals surface area contributed by atoms with Crippen molar-refractivity contribution in [1.29, 1.82) is 0 Å². The van der Waals surface area contributed by atoms with Crippen molar-refractivity contribution in [2.75, 3.05) is 37.2 Å². The normalized spacial score (nSPS) is 16.4. The lowest BCUT2D eigenvalue weighted by atomic mass is 10.1. The Morgan fingerprint density at radius 2 is 2.00 bits per heavy atom. The Morgan fingerprint density at radius 1 is 1.15 bits per heavy atom. The zero-order valence-corrected chi connectivity index (χ0v) is 11.8. The number of pyridine rings is 1. The summed E-state index contributed by atoms with van der Waals surface area (Å²) in [5.74, 6) is 0. The Balaban J connectivity index is 1.63. The molecule has 0 spiro atoms. The molecule has 2 aromatic rings. The molecule has 1 aromatic heterocycles. The molecule has 0 atom stereocenters. The topological polar surface area (TPSA) is 54.2 Å². The number of rotatable bonds is 4. The van der Waals surface area contributed by atoms with Crippen molar-refractivity contribution in [2.24, 2.45) is 0 Å². The summed E-state index contributed by atoms with van der Waals surface area (Å²) in [5.41, 5.74) is 8.99. The van der Waals surface area contributed by atoms with Gasteiger partial charge in [0.2, 0.25) is 0 Å². The molecule has 106 valence electrons. The van der Waals surface area contributed by atoms with Crippen molar-refractivity contribution >= 4 is 22.3 Å². The Kier molecular flexibility index (Phi) is 4.02. The third-order valence-electron chi connectivity index (χ3n) is 4.02. The molecule has 0 unspecified atom stereocenters. The van der Waals surface area contributed by atoms with Gasteiger partial charge >= 0.3 is 0 Å². The molecule has 0 amide bonds. The summed E-state index contributed by atoms with van der Waals surface area (Å²) in [6, 6.07) is 8.00. The molecule has 0 radical (unpaired) electrons. The summed E-state index contributed by atoms with van der Waals surface area (Å²) in [7, 11) is 0. The SMILES string of the molecule is Nc1c(NCCN2CCCCC2)ccc2ncccc12. The van der Waals surface area contributed by atoms with Gasteiger partial charge in [-0.2, -0.15) is 0 Å². The molecule has 3 N–H and O–H groups in total. The Labute approximate surface area is 120 Å². The minimum atomic E-state index is 0.800. The van der Waals surface area contributed by atoms with Gasteiger partial charge in [-0.05, 0) is 50.2 Å². The zero-order valence-electron chi connectivity index (χ0n) is 11.8. The van der Waals surface area contributed by atoms with Gasteiger partial charge in [-0.3, -0.25) is 4.98 Å². The van der Waals surface area contributed by atoms with Crippen molar-refractivity contribution < 1.29 is 0 Å². The van der Waals surface area contributed by atoms with E-state index in [1.54, 1.807) is 6.20 Å². The van der Waals surface area contributed by atoms with E-state index in [-0.39, 0.29) is 0 Å². The summed E-state index contributed by atoms with van der Waals surface area (Å²) >= 11 is 0. The Morgan fingerprint density at radius 3 is 2.85 bits per heavy atom. The average Bonchev–Trinajstić information content (AvgIpc) is 2.51. The quantitative estimate of drug-likeness (QED) is 0.839. The summed E-state index contributed by atoms with van der Waals surface area (Å²) < 4.78 is 0. The number of nitrogen functional groups attached to an aromatic ring is 1. The van der Waals surface area contributed by atoms with E-state index in [0.29, 0.717) is 0 Å². The number of anilines is 2. The molecule has 4 heteroatoms. The first-order chi connectivity index (χ1) is 9.84. The van der Waals surface area contributed by atoms with E-state index >= 15 is 0 Å². The predicted molar refractivity (Wildman–Crippen MR) is 84.9 cm³/mol. The molecule has 0 bridgehead atoms. The van der Waals surface area contributed by atoms with Crippen molar-refractivity contribution in [1.82, 2.24) is 9.88 Å². The van der Waals surface area contributed by atoms with Crippen LogP contribution in [-0.2, 0) is 0 Å². The van der Waals surface area contributed by atoms with E-state index in [1.807, 2.05) is 24.3 Å². The van der Waals surface area contributed by atoms with Gasteiger partial charge in [0.25, 0.3) is 0 Å². The number of benzene rings is 1. The second-order valence-corrected chi connectivity index (χ2v) is 5.43. The van der Waals surface area contributed by atoms with Gasteiger partial charge < -0.3 is 16.0 Å². The minimum Gasteiger partial charge on any atom is -0.397 e. The number of aromatic nitrogens is 1. The maximum atomic E-state index is 6.22. The lowest BCUT2D eigenvalue weighted by Gasteiger charge is -2.26. The monoisotopic (exact) mass is 270 g/mol. The van der Waals surface area contributed by atoms with Crippen LogP contribution >= 0.6 is 0 Å². The van der Waals surface area contributed by atoms with Gasteiger partial charge in [0.05, 0.1) is 16.9 Å². The number of nitrogens with two attached hydrogens (primary N) is 1. The number of hydrogen-bond donors (Lipinski definition) is 2. The summed E-state index contributed by atoms with van der Waals surface area (Å²) in [6.07, 6.45) is 5.85. The number of likely N-dealkylation sites (tertiary alicyclic amines) is 1. The maximum absolute atomic E-state index is 6.22. The molecule has 1 aliphatic rings. The van der Waals surface area contributed by atoms with Gasteiger partial charge in [-0.25, -0.2) is 0 Å². The lowest BCUT2D eigenvalue weighted by molar-refractivity contribution is 0.237. The third kappa shape index (κ3) is 2.85. The van der Waals surface area contributed by atoms with E-state index in [9.17, 15) is 0 Å². The molecular formula is C16H22N4. The molecule has 0 aliphatic carbocycles. The van der Waals surface area contributed by atoms with Crippen molar-refractivity contribution in [2.45, 2.75) is 19.3 Å². The van der Waals surface area contributed by atoms with E-state index in [4.69, 9.17) is 5.73 Å². The summed E-state index contributed by atoms with van der Waals surface area (Å²) in [4.78, 5) is 6.84. The van der Waals surface area contributed by atoms with E-state index in [1.165, 1.54) is 32.4 Å². The number of piperidine rings is 1. The molecule has 3 rings (SSSR count). The molecule has 20 heavy (non-hydrogen) atoms. The van der Waals surface area contributed by atoms with Crippen molar-refractivity contribution in [3.05, 3.63) is 30.5 Å². The van der Waals surface area contributed by atoms with Crippen LogP contribution in [0.25, 0.3) is 10.9 Å². The number of nitrogens with one attached hydrogen (secondary N) is 1. The van der Waals surface area contributed by atoms with E-state index < -0.39 is 0 Å². The summed E-state index contributed by atoms with van der Waals surface area (Å²) in [6.45, 7) is 4.50. The van der Waals surface area contributed by atoms with Crippen LogP contribution in [0, 0.1) is 0 Å². The highest BCUT2D eigenvalue weighted by Crippen LogP contribution is 2.27. The Hall–Kier alpha value is -1.81. The minimum absolute atomic E-state index is 0.800. The first kappa shape index (κ1) is 13.2. The van der Waals surface area contributed by atoms with Crippen LogP contribution in [0.4, 0.5) is 11.4 Å². The largest absolute Gasteiger partial charge is 0.397 e. The number of hydrogen-bond acceptors (Lipinski definition) is 4. The van der Waals surface area contributed by atoms with Gasteiger partial charge in [0, 0.05) is 24.7 Å². The van der Waals surface area contributed by atoms with Crippen LogP contribution in [0.1, 0.15) is 19.3 Å². The van der Waals surface area contributed by atoms with Crippen LogP contribution in [0.5, 0.6) is 0 Å². The van der Waals surface area contributed by atoms with Crippen molar-refractivity contribution in [3.8, 4) is 0 Å². The highest BCUT2D eigenvalue weighted by atomic mass is 15.1. The van der Waals surface area contributed by atoms with Gasteiger partial charge in [0.15, 0.2) is 0 Å². The first-order valence-corrected chi connectivity index (χ1v) is 7.44. The highest BCUT2D eigenvalue weighted by molar-refractivity contribution is 5.96. The fourth-order valence-corrected chi connectivity index (χ4v) is 2.86. The standard InChI is InChI=1S/C16H22N4/c17-16-13-5-4-8-18-14(13)6-7-15(16)19-9-12-20-10-2-1-3-11-20/h4-8,19H,1-3,9-12,17H2. The van der Waals surface area contributed by atoms with Crippen LogP contribution in [0.2, 0.25) is 0 Å². The molecular weight excluding hydrogens is 248 g/mol. The number of nitrogens with zero attached hydrogens (tertiary/aromatic N) is 2. The van der Waals surface area contributed by atoms with Crippen LogP contribution in [0.3, 0.4) is 0 Å². The van der Waals surface area contributed by atoms with Gasteiger partial charge in [-0.1, -0.05) is 6.42 Å². The average molecular weight is 270 g/mol. The Bertz CT molecular complexity index is 576. The first-order valence-electron chi connectivity index (χ1n) is 7.44. The maximum Gasteiger partial charge on any atom is 0.0724 e.